The first-order chi connectivity index (χ1) is 10.0. The molecule has 5 nitrogen and oxygen atoms in total. The van der Waals surface area contributed by atoms with Crippen molar-refractivity contribution in [3.63, 3.8) is 0 Å². The fraction of sp³-hybridized carbons (Fsp3) is 0.333. The van der Waals surface area contributed by atoms with Crippen LogP contribution in [0.4, 0.5) is 0 Å². The first-order valence-electron chi connectivity index (χ1n) is 6.69. The summed E-state index contributed by atoms with van der Waals surface area (Å²) in [5.74, 6) is -1.10. The van der Waals surface area contributed by atoms with Crippen molar-refractivity contribution in [2.24, 2.45) is 5.92 Å². The lowest BCUT2D eigenvalue weighted by molar-refractivity contribution is -0.151. The number of aliphatic hydroxyl groups excluding tert-OH is 1. The lowest BCUT2D eigenvalue weighted by atomic mass is 10.0. The van der Waals surface area contributed by atoms with Gasteiger partial charge in [-0.3, -0.25) is 9.89 Å². The van der Waals surface area contributed by atoms with E-state index in [1.165, 1.54) is 0 Å². The quantitative estimate of drug-likeness (QED) is 0.833. The smallest absolute Gasteiger partial charge is 0.311 e. The van der Waals surface area contributed by atoms with Gasteiger partial charge in [0.2, 0.25) is 0 Å². The van der Waals surface area contributed by atoms with Gasteiger partial charge in [-0.25, -0.2) is 0 Å². The van der Waals surface area contributed by atoms with E-state index in [1.807, 2.05) is 12.1 Å². The van der Waals surface area contributed by atoms with Crippen molar-refractivity contribution >= 4 is 17.6 Å². The number of nitrogens with one attached hydrogen (secondary N) is 1. The number of aliphatic hydroxyl groups is 1. The molecule has 1 heterocycles. The second kappa shape index (κ2) is 6.74. The van der Waals surface area contributed by atoms with Gasteiger partial charge in [0.25, 0.3) is 0 Å². The van der Waals surface area contributed by atoms with Crippen molar-refractivity contribution in [1.82, 2.24) is 10.2 Å². The molecule has 0 aliphatic rings. The van der Waals surface area contributed by atoms with Gasteiger partial charge in [-0.05, 0) is 32.0 Å². The zero-order valence-electron chi connectivity index (χ0n) is 11.8. The maximum absolute atomic E-state index is 11.6. The summed E-state index contributed by atoms with van der Waals surface area (Å²) in [5.41, 5.74) is 2.02. The predicted octanol–water partition coefficient (Wildman–Crippen LogP) is 2.96. The Morgan fingerprint density at radius 1 is 1.43 bits per heavy atom. The average molecular weight is 309 g/mol. The maximum atomic E-state index is 11.6. The minimum Gasteiger partial charge on any atom is -0.466 e. The number of halogens is 1. The van der Waals surface area contributed by atoms with Crippen LogP contribution < -0.4 is 0 Å². The lowest BCUT2D eigenvalue weighted by Gasteiger charge is -2.15. The largest absolute Gasteiger partial charge is 0.466 e. The second-order valence-corrected chi connectivity index (χ2v) is 5.14. The van der Waals surface area contributed by atoms with Crippen LogP contribution in [0, 0.1) is 5.92 Å². The van der Waals surface area contributed by atoms with Crippen LogP contribution in [-0.4, -0.2) is 27.9 Å². The molecule has 0 amide bonds. The van der Waals surface area contributed by atoms with E-state index in [9.17, 15) is 9.90 Å². The Balaban J connectivity index is 2.15. The number of aromatic amines is 1. The second-order valence-electron chi connectivity index (χ2n) is 4.70. The summed E-state index contributed by atoms with van der Waals surface area (Å²) >= 11 is 5.84. The number of hydrogen-bond acceptors (Lipinski definition) is 4. The van der Waals surface area contributed by atoms with Gasteiger partial charge in [-0.1, -0.05) is 23.7 Å². The van der Waals surface area contributed by atoms with Crippen molar-refractivity contribution in [2.75, 3.05) is 6.61 Å². The van der Waals surface area contributed by atoms with E-state index in [1.54, 1.807) is 32.0 Å². The Morgan fingerprint density at radius 2 is 2.10 bits per heavy atom. The van der Waals surface area contributed by atoms with Gasteiger partial charge in [-0.2, -0.15) is 5.10 Å². The summed E-state index contributed by atoms with van der Waals surface area (Å²) in [6.07, 6.45) is -0.988. The Kier molecular flexibility index (Phi) is 4.98. The third-order valence-corrected chi connectivity index (χ3v) is 3.44. The van der Waals surface area contributed by atoms with Crippen molar-refractivity contribution in [3.05, 3.63) is 41.0 Å². The molecule has 2 aromatic rings. The maximum Gasteiger partial charge on any atom is 0.311 e. The predicted molar refractivity (Wildman–Crippen MR) is 79.8 cm³/mol. The molecule has 6 heteroatoms. The molecule has 0 aliphatic carbocycles. The Morgan fingerprint density at radius 3 is 2.71 bits per heavy atom. The summed E-state index contributed by atoms with van der Waals surface area (Å²) < 4.78 is 4.90. The van der Waals surface area contributed by atoms with E-state index in [0.717, 1.165) is 5.56 Å². The van der Waals surface area contributed by atoms with Crippen molar-refractivity contribution in [3.8, 4) is 11.3 Å². The van der Waals surface area contributed by atoms with E-state index in [4.69, 9.17) is 16.3 Å². The molecule has 21 heavy (non-hydrogen) atoms. The number of esters is 1. The fourth-order valence-corrected chi connectivity index (χ4v) is 2.05. The molecule has 0 aliphatic heterocycles. The molecule has 0 saturated heterocycles. The molecule has 2 rings (SSSR count). The molecular weight excluding hydrogens is 292 g/mol. The highest BCUT2D eigenvalue weighted by Gasteiger charge is 2.26. The van der Waals surface area contributed by atoms with Crippen LogP contribution in [0.1, 0.15) is 25.6 Å². The number of ether oxygens (including phenoxy) is 1. The highest BCUT2D eigenvalue weighted by Crippen LogP contribution is 2.26. The number of carbonyl (C=O) groups is 1. The third kappa shape index (κ3) is 3.62. The van der Waals surface area contributed by atoms with Crippen LogP contribution in [0.15, 0.2) is 30.3 Å². The SMILES string of the molecule is CCOC(=O)C(C)C(O)c1cc(-c2ccc(Cl)cc2)n[nH]1. The molecule has 0 saturated carbocycles. The van der Waals surface area contributed by atoms with Crippen LogP contribution >= 0.6 is 11.6 Å². The molecule has 112 valence electrons. The summed E-state index contributed by atoms with van der Waals surface area (Å²) in [6, 6.07) is 8.92. The molecule has 0 radical (unpaired) electrons. The standard InChI is InChI=1S/C15H17ClN2O3/c1-3-21-15(20)9(2)14(19)13-8-12(17-18-13)10-4-6-11(16)7-5-10/h4-9,14,19H,3H2,1-2H3,(H,17,18). The van der Waals surface area contributed by atoms with Gasteiger partial charge in [0, 0.05) is 10.6 Å². The summed E-state index contributed by atoms with van der Waals surface area (Å²) in [7, 11) is 0. The third-order valence-electron chi connectivity index (χ3n) is 3.19. The lowest BCUT2D eigenvalue weighted by Crippen LogP contribution is -2.22. The van der Waals surface area contributed by atoms with Crippen LogP contribution in [-0.2, 0) is 9.53 Å². The van der Waals surface area contributed by atoms with E-state index in [-0.39, 0.29) is 6.61 Å². The summed E-state index contributed by atoms with van der Waals surface area (Å²) in [4.78, 5) is 11.6. The molecule has 2 atom stereocenters. The molecule has 2 N–H and O–H groups in total. The number of nitrogens with zero attached hydrogens (tertiary/aromatic N) is 1. The number of H-pyrrole nitrogens is 1. The van der Waals surface area contributed by atoms with E-state index in [2.05, 4.69) is 10.2 Å². The average Bonchev–Trinajstić information content (AvgIpc) is 2.96. The zero-order valence-corrected chi connectivity index (χ0v) is 12.6. The van der Waals surface area contributed by atoms with Gasteiger partial charge >= 0.3 is 5.97 Å². The highest BCUT2D eigenvalue weighted by atomic mass is 35.5. The molecule has 0 bridgehead atoms. The Bertz CT molecular complexity index is 610. The molecule has 0 spiro atoms. The number of rotatable bonds is 5. The van der Waals surface area contributed by atoms with E-state index < -0.39 is 18.0 Å². The number of hydrogen-bond donors (Lipinski definition) is 2. The first kappa shape index (κ1) is 15.5. The monoisotopic (exact) mass is 308 g/mol. The first-order valence-corrected chi connectivity index (χ1v) is 7.06. The zero-order chi connectivity index (χ0) is 15.4. The van der Waals surface area contributed by atoms with Crippen molar-refractivity contribution in [1.29, 1.82) is 0 Å². The minimum absolute atomic E-state index is 0.287. The Labute approximate surface area is 127 Å². The Hall–Kier alpha value is -1.85. The minimum atomic E-state index is -0.988. The number of carbonyl (C=O) groups excluding carboxylic acids is 1. The van der Waals surface area contributed by atoms with Crippen LogP contribution in [0.2, 0.25) is 5.02 Å². The molecular formula is C15H17ClN2O3. The van der Waals surface area contributed by atoms with E-state index in [0.29, 0.717) is 16.4 Å². The van der Waals surface area contributed by atoms with Gasteiger partial charge in [0.15, 0.2) is 0 Å². The number of benzene rings is 1. The van der Waals surface area contributed by atoms with Crippen LogP contribution in [0.5, 0.6) is 0 Å². The fourth-order valence-electron chi connectivity index (χ4n) is 1.93. The van der Waals surface area contributed by atoms with Crippen molar-refractivity contribution < 1.29 is 14.6 Å². The molecule has 1 aromatic heterocycles. The molecule has 0 fully saturated rings. The highest BCUT2D eigenvalue weighted by molar-refractivity contribution is 6.30. The molecule has 1 aromatic carbocycles. The summed E-state index contributed by atoms with van der Waals surface area (Å²) in [5, 5.41) is 17.7. The van der Waals surface area contributed by atoms with Gasteiger partial charge < -0.3 is 9.84 Å². The topological polar surface area (TPSA) is 75.2 Å². The normalized spacial score (nSPS) is 13.7. The van der Waals surface area contributed by atoms with Crippen LogP contribution in [0.3, 0.4) is 0 Å². The summed E-state index contributed by atoms with van der Waals surface area (Å²) in [6.45, 7) is 3.63. The van der Waals surface area contributed by atoms with Crippen molar-refractivity contribution in [2.45, 2.75) is 20.0 Å². The van der Waals surface area contributed by atoms with Gasteiger partial charge in [-0.15, -0.1) is 0 Å². The molecule has 2 unspecified atom stereocenters. The number of aromatic nitrogens is 2. The van der Waals surface area contributed by atoms with E-state index >= 15 is 0 Å². The van der Waals surface area contributed by atoms with Gasteiger partial charge in [0.1, 0.15) is 6.10 Å². The van der Waals surface area contributed by atoms with Gasteiger partial charge in [0.05, 0.1) is 23.9 Å². The van der Waals surface area contributed by atoms with Crippen LogP contribution in [0.25, 0.3) is 11.3 Å².